The summed E-state index contributed by atoms with van der Waals surface area (Å²) in [7, 11) is 1.44. The molecule has 3 aromatic rings. The van der Waals surface area contributed by atoms with Gasteiger partial charge < -0.3 is 9.64 Å². The van der Waals surface area contributed by atoms with Crippen LogP contribution in [0, 0.1) is 15.9 Å². The van der Waals surface area contributed by atoms with Crippen LogP contribution in [0.2, 0.25) is 0 Å². The lowest BCUT2D eigenvalue weighted by molar-refractivity contribution is -0.384. The van der Waals surface area contributed by atoms with Gasteiger partial charge in [-0.2, -0.15) is 5.10 Å². The molecule has 0 aliphatic carbocycles. The minimum absolute atomic E-state index is 0.0478. The first-order valence-corrected chi connectivity index (χ1v) is 8.71. The molecule has 0 spiro atoms. The van der Waals surface area contributed by atoms with Crippen molar-refractivity contribution in [1.29, 1.82) is 0 Å². The predicted molar refractivity (Wildman–Crippen MR) is 103 cm³/mol. The molecule has 2 aromatic carbocycles. The lowest BCUT2D eigenvalue weighted by atomic mass is 10.0. The minimum Gasteiger partial charge on any atom is -0.497 e. The van der Waals surface area contributed by atoms with Gasteiger partial charge in [0.25, 0.3) is 5.69 Å². The summed E-state index contributed by atoms with van der Waals surface area (Å²) < 4.78 is 21.0. The minimum atomic E-state index is -0.548. The number of ether oxygens (including phenoxy) is 1. The fourth-order valence-electron chi connectivity index (χ4n) is 3.37. The van der Waals surface area contributed by atoms with E-state index in [0.29, 0.717) is 30.1 Å². The summed E-state index contributed by atoms with van der Waals surface area (Å²) in [6.45, 7) is 0.464. The summed E-state index contributed by atoms with van der Waals surface area (Å²) in [4.78, 5) is 24.0. The zero-order valence-corrected chi connectivity index (χ0v) is 15.3. The van der Waals surface area contributed by atoms with E-state index in [1.54, 1.807) is 29.3 Å². The Morgan fingerprint density at radius 2 is 2.00 bits per heavy atom. The van der Waals surface area contributed by atoms with Crippen molar-refractivity contribution in [2.75, 3.05) is 18.6 Å². The summed E-state index contributed by atoms with van der Waals surface area (Å²) in [5.41, 5.74) is 2.14. The van der Waals surface area contributed by atoms with Crippen LogP contribution in [0.25, 0.3) is 11.4 Å². The van der Waals surface area contributed by atoms with Crippen molar-refractivity contribution < 1.29 is 18.8 Å². The molecule has 0 amide bonds. The highest BCUT2D eigenvalue weighted by Gasteiger charge is 2.29. The highest BCUT2D eigenvalue weighted by Crippen LogP contribution is 2.34. The van der Waals surface area contributed by atoms with Gasteiger partial charge in [0.15, 0.2) is 17.5 Å². The van der Waals surface area contributed by atoms with Crippen LogP contribution in [0.15, 0.2) is 48.7 Å². The van der Waals surface area contributed by atoms with Gasteiger partial charge in [0, 0.05) is 36.0 Å². The van der Waals surface area contributed by atoms with E-state index >= 15 is 0 Å². The summed E-state index contributed by atoms with van der Waals surface area (Å²) in [5.74, 6) is 1.75. The standard InChI is InChI=1S/C20H15FN4O4/c1-29-16-6-7-18(17(21)10-16)24-20-13(11-22-24)8-9-23(19(20)12-26)14-2-4-15(5-3-14)25(27)28/h2-7,10-11H,8-9H2,1H3. The van der Waals surface area contributed by atoms with E-state index < -0.39 is 10.7 Å². The van der Waals surface area contributed by atoms with Crippen LogP contribution < -0.4 is 9.64 Å². The smallest absolute Gasteiger partial charge is 0.269 e. The third-order valence-electron chi connectivity index (χ3n) is 4.80. The summed E-state index contributed by atoms with van der Waals surface area (Å²) in [5, 5.41) is 15.2. The van der Waals surface area contributed by atoms with Crippen LogP contribution in [0.3, 0.4) is 0 Å². The molecule has 1 aliphatic heterocycles. The van der Waals surface area contributed by atoms with Gasteiger partial charge in [-0.05, 0) is 30.7 Å². The predicted octanol–water partition coefficient (Wildman–Crippen LogP) is 3.16. The van der Waals surface area contributed by atoms with Crippen molar-refractivity contribution in [2.45, 2.75) is 6.42 Å². The molecule has 0 bridgehead atoms. The van der Waals surface area contributed by atoms with Gasteiger partial charge in [-0.15, -0.1) is 0 Å². The number of methoxy groups -OCH3 is 1. The molecule has 4 rings (SSSR count). The third-order valence-corrected chi connectivity index (χ3v) is 4.80. The number of aromatic nitrogens is 2. The number of fused-ring (bicyclic) bond motifs is 1. The number of halogens is 1. The average Bonchev–Trinajstić information content (AvgIpc) is 3.17. The van der Waals surface area contributed by atoms with E-state index in [1.165, 1.54) is 36.1 Å². The molecule has 0 unspecified atom stereocenters. The van der Waals surface area contributed by atoms with Crippen molar-refractivity contribution in [3.8, 4) is 11.4 Å². The quantitative estimate of drug-likeness (QED) is 0.384. The number of nitrogens with zero attached hydrogens (tertiary/aromatic N) is 4. The molecule has 0 saturated heterocycles. The molecular formula is C20H15FN4O4. The molecule has 0 N–H and O–H groups in total. The van der Waals surface area contributed by atoms with Gasteiger partial charge in [0.05, 0.1) is 18.2 Å². The largest absolute Gasteiger partial charge is 0.497 e. The van der Waals surface area contributed by atoms with Crippen molar-refractivity contribution in [3.05, 3.63) is 75.9 Å². The van der Waals surface area contributed by atoms with Gasteiger partial charge in [-0.25, -0.2) is 13.9 Å². The van der Waals surface area contributed by atoms with Gasteiger partial charge in [-0.1, -0.05) is 0 Å². The molecule has 0 saturated carbocycles. The van der Waals surface area contributed by atoms with Crippen LogP contribution in [-0.4, -0.2) is 34.3 Å². The second-order valence-corrected chi connectivity index (χ2v) is 6.37. The van der Waals surface area contributed by atoms with Crippen molar-refractivity contribution in [1.82, 2.24) is 9.78 Å². The SMILES string of the molecule is COc1ccc(-n2ncc3c2C(=C=O)N(c2ccc([N+](=O)[O-])cc2)CC3)c(F)c1. The van der Waals surface area contributed by atoms with Crippen molar-refractivity contribution in [3.63, 3.8) is 0 Å². The molecule has 0 fully saturated rings. The topological polar surface area (TPSA) is 90.5 Å². The Morgan fingerprint density at radius 1 is 1.24 bits per heavy atom. The van der Waals surface area contributed by atoms with Gasteiger partial charge in [0.1, 0.15) is 17.1 Å². The number of anilines is 1. The average molecular weight is 394 g/mol. The second-order valence-electron chi connectivity index (χ2n) is 6.37. The first-order chi connectivity index (χ1) is 14.0. The molecule has 1 aliphatic rings. The maximum Gasteiger partial charge on any atom is 0.269 e. The number of rotatable bonds is 4. The van der Waals surface area contributed by atoms with Crippen LogP contribution in [0.5, 0.6) is 5.75 Å². The van der Waals surface area contributed by atoms with E-state index in [2.05, 4.69) is 5.10 Å². The molecule has 146 valence electrons. The zero-order chi connectivity index (χ0) is 20.5. The second kappa shape index (κ2) is 7.21. The van der Waals surface area contributed by atoms with E-state index in [4.69, 9.17) is 4.74 Å². The Bertz CT molecular complexity index is 1150. The highest BCUT2D eigenvalue weighted by atomic mass is 19.1. The normalized spacial score (nSPS) is 13.0. The molecular weight excluding hydrogens is 379 g/mol. The first kappa shape index (κ1) is 18.4. The molecule has 0 atom stereocenters. The Balaban J connectivity index is 1.78. The lowest BCUT2D eigenvalue weighted by Gasteiger charge is -2.30. The molecule has 9 heteroatoms. The lowest BCUT2D eigenvalue weighted by Crippen LogP contribution is -2.30. The molecule has 0 radical (unpaired) electrons. The number of non-ortho nitro benzene ring substituents is 1. The Labute approximate surface area is 164 Å². The van der Waals surface area contributed by atoms with Gasteiger partial charge in [-0.3, -0.25) is 10.1 Å². The maximum absolute atomic E-state index is 14.6. The number of carbonyl (C=O) groups excluding carboxylic acids is 1. The maximum atomic E-state index is 14.6. The Hall–Kier alpha value is -3.97. The van der Waals surface area contributed by atoms with Gasteiger partial charge in [0.2, 0.25) is 0 Å². The Morgan fingerprint density at radius 3 is 2.62 bits per heavy atom. The van der Waals surface area contributed by atoms with E-state index in [-0.39, 0.29) is 17.1 Å². The van der Waals surface area contributed by atoms with Crippen molar-refractivity contribution >= 4 is 23.0 Å². The fraction of sp³-hybridized carbons (Fsp3) is 0.150. The monoisotopic (exact) mass is 394 g/mol. The zero-order valence-electron chi connectivity index (χ0n) is 15.3. The van der Waals surface area contributed by atoms with Crippen molar-refractivity contribution in [2.24, 2.45) is 0 Å². The first-order valence-electron chi connectivity index (χ1n) is 8.71. The number of hydrogen-bond donors (Lipinski definition) is 0. The van der Waals surface area contributed by atoms with E-state index in [1.807, 2.05) is 5.94 Å². The molecule has 2 heterocycles. The van der Waals surface area contributed by atoms with Crippen LogP contribution >= 0.6 is 0 Å². The fourth-order valence-corrected chi connectivity index (χ4v) is 3.37. The molecule has 8 nitrogen and oxygen atoms in total. The van der Waals surface area contributed by atoms with Crippen LogP contribution in [-0.2, 0) is 11.2 Å². The molecule has 29 heavy (non-hydrogen) atoms. The number of hydrogen-bond acceptors (Lipinski definition) is 6. The van der Waals surface area contributed by atoms with E-state index in [9.17, 15) is 19.3 Å². The summed E-state index contributed by atoms with van der Waals surface area (Å²) >= 11 is 0. The number of benzene rings is 2. The van der Waals surface area contributed by atoms with Crippen LogP contribution in [0.4, 0.5) is 15.8 Å². The molecule has 1 aromatic heterocycles. The third kappa shape index (κ3) is 3.13. The summed E-state index contributed by atoms with van der Waals surface area (Å²) in [6, 6.07) is 10.2. The highest BCUT2D eigenvalue weighted by molar-refractivity contribution is 5.96. The van der Waals surface area contributed by atoms with Crippen LogP contribution in [0.1, 0.15) is 11.3 Å². The summed E-state index contributed by atoms with van der Waals surface area (Å²) in [6.07, 6.45) is 2.17. The van der Waals surface area contributed by atoms with Gasteiger partial charge >= 0.3 is 0 Å². The number of nitro groups is 1. The Kier molecular flexibility index (Phi) is 4.58. The van der Waals surface area contributed by atoms with E-state index in [0.717, 1.165) is 5.56 Å². The number of nitro benzene ring substituents is 1.